The molecule has 2 unspecified atom stereocenters. The molecule has 3 heteroatoms. The number of rotatable bonds is 4. The van der Waals surface area contributed by atoms with Gasteiger partial charge in [0.2, 0.25) is 0 Å². The third kappa shape index (κ3) is 2.51. The fraction of sp³-hybridized carbons (Fsp3) is 0.500. The van der Waals surface area contributed by atoms with Gasteiger partial charge in [-0.15, -0.1) is 0 Å². The minimum atomic E-state index is -0.295. The Kier molecular flexibility index (Phi) is 3.29. The SMILES string of the molecule is NCC(c1ccc(Cl)cc1)C(O)C1CC1. The van der Waals surface area contributed by atoms with E-state index in [1.165, 1.54) is 0 Å². The van der Waals surface area contributed by atoms with E-state index in [2.05, 4.69) is 0 Å². The Labute approximate surface area is 95.1 Å². The lowest BCUT2D eigenvalue weighted by Crippen LogP contribution is -2.27. The van der Waals surface area contributed by atoms with E-state index in [0.717, 1.165) is 23.4 Å². The molecule has 0 spiro atoms. The molecule has 2 nitrogen and oxygen atoms in total. The molecule has 0 bridgehead atoms. The molecule has 0 radical (unpaired) electrons. The van der Waals surface area contributed by atoms with Crippen LogP contribution in [0, 0.1) is 5.92 Å². The van der Waals surface area contributed by atoms with Crippen LogP contribution in [0.2, 0.25) is 5.02 Å². The number of benzene rings is 1. The van der Waals surface area contributed by atoms with E-state index in [-0.39, 0.29) is 12.0 Å². The maximum absolute atomic E-state index is 10.1. The number of hydrogen-bond donors (Lipinski definition) is 2. The zero-order chi connectivity index (χ0) is 10.8. The third-order valence-electron chi connectivity index (χ3n) is 3.07. The summed E-state index contributed by atoms with van der Waals surface area (Å²) in [6, 6.07) is 7.59. The van der Waals surface area contributed by atoms with E-state index in [4.69, 9.17) is 17.3 Å². The molecular weight excluding hydrogens is 210 g/mol. The summed E-state index contributed by atoms with van der Waals surface area (Å²) >= 11 is 5.82. The minimum Gasteiger partial charge on any atom is -0.392 e. The normalized spacial score (nSPS) is 19.9. The van der Waals surface area contributed by atoms with E-state index >= 15 is 0 Å². The van der Waals surface area contributed by atoms with Crippen LogP contribution in [0.4, 0.5) is 0 Å². The van der Waals surface area contributed by atoms with Crippen molar-refractivity contribution < 1.29 is 5.11 Å². The van der Waals surface area contributed by atoms with Crippen molar-refractivity contribution in [3.63, 3.8) is 0 Å². The summed E-state index contributed by atoms with van der Waals surface area (Å²) in [6.45, 7) is 0.485. The van der Waals surface area contributed by atoms with E-state index in [1.807, 2.05) is 24.3 Å². The van der Waals surface area contributed by atoms with Crippen molar-refractivity contribution in [1.82, 2.24) is 0 Å². The van der Waals surface area contributed by atoms with Crippen LogP contribution in [0.5, 0.6) is 0 Å². The maximum Gasteiger partial charge on any atom is 0.0648 e. The van der Waals surface area contributed by atoms with Gasteiger partial charge in [-0.1, -0.05) is 23.7 Å². The Morgan fingerprint density at radius 2 is 1.93 bits per heavy atom. The summed E-state index contributed by atoms with van der Waals surface area (Å²) in [5, 5.41) is 10.8. The van der Waals surface area contributed by atoms with Gasteiger partial charge in [0.05, 0.1) is 6.10 Å². The zero-order valence-electron chi connectivity index (χ0n) is 8.57. The third-order valence-corrected chi connectivity index (χ3v) is 3.32. The summed E-state index contributed by atoms with van der Waals surface area (Å²) in [5.41, 5.74) is 6.80. The second-order valence-electron chi connectivity index (χ2n) is 4.22. The fourth-order valence-electron chi connectivity index (χ4n) is 1.95. The molecule has 0 heterocycles. The molecule has 1 aromatic carbocycles. The Bertz CT molecular complexity index is 321. The molecule has 1 aromatic rings. The van der Waals surface area contributed by atoms with Crippen molar-refractivity contribution in [3.8, 4) is 0 Å². The Morgan fingerprint density at radius 3 is 2.40 bits per heavy atom. The van der Waals surface area contributed by atoms with Crippen molar-refractivity contribution in [2.75, 3.05) is 6.54 Å². The molecule has 1 saturated carbocycles. The molecule has 15 heavy (non-hydrogen) atoms. The van der Waals surface area contributed by atoms with Crippen LogP contribution in [0.25, 0.3) is 0 Å². The lowest BCUT2D eigenvalue weighted by molar-refractivity contribution is 0.123. The van der Waals surface area contributed by atoms with Crippen molar-refractivity contribution in [1.29, 1.82) is 0 Å². The van der Waals surface area contributed by atoms with Crippen LogP contribution in [0.1, 0.15) is 24.3 Å². The molecule has 3 N–H and O–H groups in total. The lowest BCUT2D eigenvalue weighted by Gasteiger charge is -2.21. The van der Waals surface area contributed by atoms with Crippen molar-refractivity contribution >= 4 is 11.6 Å². The van der Waals surface area contributed by atoms with Crippen LogP contribution in [0.15, 0.2) is 24.3 Å². The average molecular weight is 226 g/mol. The second-order valence-corrected chi connectivity index (χ2v) is 4.66. The molecule has 0 aromatic heterocycles. The smallest absolute Gasteiger partial charge is 0.0648 e. The highest BCUT2D eigenvalue weighted by molar-refractivity contribution is 6.30. The fourth-order valence-corrected chi connectivity index (χ4v) is 2.07. The van der Waals surface area contributed by atoms with Gasteiger partial charge < -0.3 is 10.8 Å². The molecule has 2 atom stereocenters. The van der Waals surface area contributed by atoms with Crippen LogP contribution < -0.4 is 5.73 Å². The second kappa shape index (κ2) is 4.52. The molecule has 0 aliphatic heterocycles. The lowest BCUT2D eigenvalue weighted by atomic mass is 9.91. The molecule has 0 saturated heterocycles. The molecule has 1 aliphatic rings. The largest absolute Gasteiger partial charge is 0.392 e. The van der Waals surface area contributed by atoms with Gasteiger partial charge >= 0.3 is 0 Å². The first-order chi connectivity index (χ1) is 7.22. The Balaban J connectivity index is 2.14. The first-order valence-electron chi connectivity index (χ1n) is 5.36. The maximum atomic E-state index is 10.1. The molecule has 1 aliphatic carbocycles. The topological polar surface area (TPSA) is 46.2 Å². The van der Waals surface area contributed by atoms with Gasteiger partial charge in [0.1, 0.15) is 0 Å². The summed E-state index contributed by atoms with van der Waals surface area (Å²) < 4.78 is 0. The number of hydrogen-bond acceptors (Lipinski definition) is 2. The molecular formula is C12H16ClNO. The predicted molar refractivity (Wildman–Crippen MR) is 62.0 cm³/mol. The van der Waals surface area contributed by atoms with Gasteiger partial charge in [-0.2, -0.15) is 0 Å². The first kappa shape index (κ1) is 10.9. The quantitative estimate of drug-likeness (QED) is 0.825. The molecule has 1 fully saturated rings. The predicted octanol–water partition coefficient (Wildman–Crippen LogP) is 2.15. The van der Waals surface area contributed by atoms with E-state index in [1.54, 1.807) is 0 Å². The molecule has 2 rings (SSSR count). The number of aliphatic hydroxyl groups excluding tert-OH is 1. The highest BCUT2D eigenvalue weighted by atomic mass is 35.5. The number of halogens is 1. The Morgan fingerprint density at radius 1 is 1.33 bits per heavy atom. The van der Waals surface area contributed by atoms with E-state index in [9.17, 15) is 5.11 Å². The summed E-state index contributed by atoms with van der Waals surface area (Å²) in [7, 11) is 0. The number of nitrogens with two attached hydrogens (primary N) is 1. The minimum absolute atomic E-state index is 0.0507. The van der Waals surface area contributed by atoms with Crippen LogP contribution in [-0.4, -0.2) is 17.8 Å². The van der Waals surface area contributed by atoms with Crippen molar-refractivity contribution in [2.24, 2.45) is 11.7 Å². The summed E-state index contributed by atoms with van der Waals surface area (Å²) in [6.07, 6.45) is 1.97. The van der Waals surface area contributed by atoms with Gasteiger partial charge in [-0.3, -0.25) is 0 Å². The van der Waals surface area contributed by atoms with Crippen molar-refractivity contribution in [2.45, 2.75) is 24.9 Å². The zero-order valence-corrected chi connectivity index (χ0v) is 9.32. The van der Waals surface area contributed by atoms with Gasteiger partial charge in [0.15, 0.2) is 0 Å². The van der Waals surface area contributed by atoms with E-state index in [0.29, 0.717) is 12.5 Å². The highest BCUT2D eigenvalue weighted by Crippen LogP contribution is 2.38. The van der Waals surface area contributed by atoms with Gasteiger partial charge in [0.25, 0.3) is 0 Å². The molecule has 82 valence electrons. The van der Waals surface area contributed by atoms with Crippen LogP contribution in [0.3, 0.4) is 0 Å². The molecule has 0 amide bonds. The highest BCUT2D eigenvalue weighted by Gasteiger charge is 2.35. The van der Waals surface area contributed by atoms with Crippen molar-refractivity contribution in [3.05, 3.63) is 34.9 Å². The summed E-state index contributed by atoms with van der Waals surface area (Å²) in [4.78, 5) is 0. The average Bonchev–Trinajstić information content (AvgIpc) is 3.05. The van der Waals surface area contributed by atoms with Crippen LogP contribution >= 0.6 is 11.6 Å². The standard InChI is InChI=1S/C12H16ClNO/c13-10-5-3-8(4-6-10)11(7-14)12(15)9-1-2-9/h3-6,9,11-12,15H,1-2,7,14H2. The first-order valence-corrected chi connectivity index (χ1v) is 5.73. The summed E-state index contributed by atoms with van der Waals surface area (Å²) in [5.74, 6) is 0.504. The van der Waals surface area contributed by atoms with Gasteiger partial charge in [-0.25, -0.2) is 0 Å². The van der Waals surface area contributed by atoms with Crippen LogP contribution in [-0.2, 0) is 0 Å². The van der Waals surface area contributed by atoms with E-state index < -0.39 is 0 Å². The monoisotopic (exact) mass is 225 g/mol. The van der Waals surface area contributed by atoms with Gasteiger partial charge in [-0.05, 0) is 36.5 Å². The number of aliphatic hydroxyl groups is 1. The van der Waals surface area contributed by atoms with Gasteiger partial charge in [0, 0.05) is 17.5 Å². The Hall–Kier alpha value is -0.570.